The first-order valence-corrected chi connectivity index (χ1v) is 6.03. The van der Waals surface area contributed by atoms with Crippen molar-refractivity contribution in [2.45, 2.75) is 12.6 Å². The Kier molecular flexibility index (Phi) is 4.15. The third-order valence-electron chi connectivity index (χ3n) is 2.84. The molecule has 0 bridgehead atoms. The maximum Gasteiger partial charge on any atom is 0.241 e. The van der Waals surface area contributed by atoms with Crippen molar-refractivity contribution in [2.75, 3.05) is 0 Å². The van der Waals surface area contributed by atoms with Crippen LogP contribution in [0.5, 0.6) is 5.75 Å². The van der Waals surface area contributed by atoms with Crippen LogP contribution < -0.4 is 11.1 Å². The second kappa shape index (κ2) is 6.02. The van der Waals surface area contributed by atoms with Crippen LogP contribution in [-0.2, 0) is 11.3 Å². The molecule has 0 aliphatic heterocycles. The van der Waals surface area contributed by atoms with Gasteiger partial charge in [-0.1, -0.05) is 42.5 Å². The number of rotatable bonds is 4. The average Bonchev–Trinajstić information content (AvgIpc) is 2.46. The van der Waals surface area contributed by atoms with Crippen molar-refractivity contribution in [3.8, 4) is 5.75 Å². The van der Waals surface area contributed by atoms with Gasteiger partial charge in [0.2, 0.25) is 5.91 Å². The molecule has 0 aliphatic carbocycles. The second-order valence-corrected chi connectivity index (χ2v) is 4.27. The summed E-state index contributed by atoms with van der Waals surface area (Å²) in [6.45, 7) is 0.389. The maximum absolute atomic E-state index is 11.9. The molecule has 0 spiro atoms. The Hall–Kier alpha value is -2.33. The van der Waals surface area contributed by atoms with Gasteiger partial charge in [-0.25, -0.2) is 0 Å². The van der Waals surface area contributed by atoms with E-state index in [4.69, 9.17) is 10.8 Å². The quantitative estimate of drug-likeness (QED) is 0.779. The van der Waals surface area contributed by atoms with Crippen LogP contribution in [0.1, 0.15) is 17.2 Å². The van der Waals surface area contributed by atoms with Crippen molar-refractivity contribution in [2.24, 2.45) is 5.73 Å². The van der Waals surface area contributed by atoms with Crippen molar-refractivity contribution >= 4 is 5.91 Å². The molecule has 2 aromatic carbocycles. The highest BCUT2D eigenvalue weighted by molar-refractivity contribution is 5.82. The molecular weight excluding hydrogens is 240 g/mol. The number of phenols is 1. The van der Waals surface area contributed by atoms with Gasteiger partial charge in [0.1, 0.15) is 11.8 Å². The number of nitrogens with one attached hydrogen (secondary N) is 1. The van der Waals surface area contributed by atoms with Gasteiger partial charge in [0.25, 0.3) is 0 Å². The summed E-state index contributed by atoms with van der Waals surface area (Å²) in [5.41, 5.74) is 7.57. The largest absolute Gasteiger partial charge is 0.508 e. The first kappa shape index (κ1) is 13.1. The number of carbonyl (C=O) groups excluding carboxylic acids is 1. The minimum atomic E-state index is -0.668. The van der Waals surface area contributed by atoms with Crippen LogP contribution in [0.2, 0.25) is 0 Å². The first-order chi connectivity index (χ1) is 9.16. The van der Waals surface area contributed by atoms with Gasteiger partial charge < -0.3 is 16.2 Å². The van der Waals surface area contributed by atoms with Crippen LogP contribution in [0.4, 0.5) is 0 Å². The van der Waals surface area contributed by atoms with Crippen molar-refractivity contribution in [3.63, 3.8) is 0 Å². The van der Waals surface area contributed by atoms with Crippen LogP contribution in [-0.4, -0.2) is 11.0 Å². The molecule has 19 heavy (non-hydrogen) atoms. The fraction of sp³-hybridized carbons (Fsp3) is 0.133. The number of hydrogen-bond acceptors (Lipinski definition) is 3. The zero-order chi connectivity index (χ0) is 13.7. The third-order valence-corrected chi connectivity index (χ3v) is 2.84. The molecule has 4 N–H and O–H groups in total. The van der Waals surface area contributed by atoms with E-state index in [0.29, 0.717) is 6.54 Å². The molecule has 1 atom stereocenters. The number of amides is 1. The van der Waals surface area contributed by atoms with Crippen molar-refractivity contribution in [1.82, 2.24) is 5.32 Å². The minimum Gasteiger partial charge on any atom is -0.508 e. The topological polar surface area (TPSA) is 75.4 Å². The summed E-state index contributed by atoms with van der Waals surface area (Å²) >= 11 is 0. The van der Waals surface area contributed by atoms with E-state index < -0.39 is 6.04 Å². The van der Waals surface area contributed by atoms with Gasteiger partial charge in [0, 0.05) is 6.54 Å². The normalized spacial score (nSPS) is 11.8. The highest BCUT2D eigenvalue weighted by Crippen LogP contribution is 2.11. The molecule has 0 saturated carbocycles. The lowest BCUT2D eigenvalue weighted by Crippen LogP contribution is -2.33. The molecule has 4 nitrogen and oxygen atoms in total. The summed E-state index contributed by atoms with van der Waals surface area (Å²) in [5, 5.41) is 11.9. The van der Waals surface area contributed by atoms with E-state index in [1.54, 1.807) is 24.3 Å². The molecule has 4 heteroatoms. The van der Waals surface area contributed by atoms with E-state index in [-0.39, 0.29) is 11.7 Å². The summed E-state index contributed by atoms with van der Waals surface area (Å²) in [4.78, 5) is 11.9. The number of benzene rings is 2. The molecular formula is C15H16N2O2. The monoisotopic (exact) mass is 256 g/mol. The minimum absolute atomic E-state index is 0.205. The van der Waals surface area contributed by atoms with Gasteiger partial charge in [-0.2, -0.15) is 0 Å². The van der Waals surface area contributed by atoms with Crippen LogP contribution in [0.3, 0.4) is 0 Å². The molecule has 0 saturated heterocycles. The highest BCUT2D eigenvalue weighted by atomic mass is 16.3. The van der Waals surface area contributed by atoms with Crippen molar-refractivity contribution in [1.29, 1.82) is 0 Å². The average molecular weight is 256 g/mol. The van der Waals surface area contributed by atoms with Crippen molar-refractivity contribution in [3.05, 3.63) is 65.7 Å². The fourth-order valence-electron chi connectivity index (χ4n) is 1.72. The predicted octanol–water partition coefficient (Wildman–Crippen LogP) is 1.71. The Morgan fingerprint density at radius 1 is 1.11 bits per heavy atom. The van der Waals surface area contributed by atoms with E-state index in [9.17, 15) is 4.79 Å². The van der Waals surface area contributed by atoms with Gasteiger partial charge in [-0.15, -0.1) is 0 Å². The summed E-state index contributed by atoms with van der Waals surface area (Å²) < 4.78 is 0. The van der Waals surface area contributed by atoms with Crippen LogP contribution in [0.25, 0.3) is 0 Å². The van der Waals surface area contributed by atoms with Crippen LogP contribution >= 0.6 is 0 Å². The van der Waals surface area contributed by atoms with Gasteiger partial charge in [0.05, 0.1) is 0 Å². The molecule has 0 aliphatic rings. The Bertz CT molecular complexity index is 538. The second-order valence-electron chi connectivity index (χ2n) is 4.27. The summed E-state index contributed by atoms with van der Waals surface area (Å²) in [7, 11) is 0. The lowest BCUT2D eigenvalue weighted by molar-refractivity contribution is -0.122. The zero-order valence-corrected chi connectivity index (χ0v) is 10.4. The zero-order valence-electron chi connectivity index (χ0n) is 10.4. The third kappa shape index (κ3) is 3.56. The number of nitrogens with two attached hydrogens (primary N) is 1. The SMILES string of the molecule is N[C@H](C(=O)NCc1ccc(O)cc1)c1ccccc1. The fourth-order valence-corrected chi connectivity index (χ4v) is 1.72. The van der Waals surface area contributed by atoms with Gasteiger partial charge in [-0.3, -0.25) is 4.79 Å². The number of phenolic OH excluding ortho intramolecular Hbond substituents is 1. The van der Waals surface area contributed by atoms with Gasteiger partial charge in [0.15, 0.2) is 0 Å². The van der Waals surface area contributed by atoms with E-state index in [1.165, 1.54) is 0 Å². The van der Waals surface area contributed by atoms with Crippen LogP contribution in [0, 0.1) is 0 Å². The maximum atomic E-state index is 11.9. The Morgan fingerprint density at radius 3 is 2.37 bits per heavy atom. The van der Waals surface area contributed by atoms with Gasteiger partial charge in [-0.05, 0) is 23.3 Å². The predicted molar refractivity (Wildman–Crippen MR) is 73.3 cm³/mol. The summed E-state index contributed by atoms with van der Waals surface area (Å²) in [6, 6.07) is 15.2. The lowest BCUT2D eigenvalue weighted by atomic mass is 10.1. The molecule has 1 amide bonds. The number of hydrogen-bond donors (Lipinski definition) is 3. The number of carbonyl (C=O) groups is 1. The Labute approximate surface area is 111 Å². The first-order valence-electron chi connectivity index (χ1n) is 6.03. The molecule has 0 unspecified atom stereocenters. The Morgan fingerprint density at radius 2 is 1.74 bits per heavy atom. The smallest absolute Gasteiger partial charge is 0.241 e. The highest BCUT2D eigenvalue weighted by Gasteiger charge is 2.14. The Balaban J connectivity index is 1.93. The lowest BCUT2D eigenvalue weighted by Gasteiger charge is -2.12. The molecule has 2 rings (SSSR count). The summed E-state index contributed by atoms with van der Waals surface area (Å²) in [6.07, 6.45) is 0. The molecule has 0 heterocycles. The van der Waals surface area contributed by atoms with Crippen LogP contribution in [0.15, 0.2) is 54.6 Å². The van der Waals surface area contributed by atoms with E-state index >= 15 is 0 Å². The molecule has 2 aromatic rings. The van der Waals surface area contributed by atoms with E-state index in [2.05, 4.69) is 5.32 Å². The summed E-state index contributed by atoms with van der Waals surface area (Å²) in [5.74, 6) is -0.0182. The van der Waals surface area contributed by atoms with E-state index in [0.717, 1.165) is 11.1 Å². The van der Waals surface area contributed by atoms with Gasteiger partial charge >= 0.3 is 0 Å². The standard InChI is InChI=1S/C15H16N2O2/c16-14(12-4-2-1-3-5-12)15(19)17-10-11-6-8-13(18)9-7-11/h1-9,14,18H,10,16H2,(H,17,19)/t14-/m0/s1. The molecule has 0 radical (unpaired) electrons. The molecule has 98 valence electrons. The molecule has 0 aromatic heterocycles. The number of aromatic hydroxyl groups is 1. The van der Waals surface area contributed by atoms with Crippen molar-refractivity contribution < 1.29 is 9.90 Å². The molecule has 0 fully saturated rings. The van der Waals surface area contributed by atoms with E-state index in [1.807, 2.05) is 30.3 Å².